The number of benzene rings is 8. The number of hydrogen-bond donors (Lipinski definition) is 0. The van der Waals surface area contributed by atoms with Crippen LogP contribution in [0, 0.1) is 0 Å². The Hall–Kier alpha value is -7.76. The molecular weight excluding hydrogens is 697 g/mol. The molecule has 12 aromatic rings. The van der Waals surface area contributed by atoms with Crippen molar-refractivity contribution in [2.45, 2.75) is 0 Å². The molecule has 0 saturated heterocycles. The fourth-order valence-corrected chi connectivity index (χ4v) is 8.81. The van der Waals surface area contributed by atoms with E-state index in [0.717, 1.165) is 88.7 Å². The average molecular weight is 729 g/mol. The molecule has 0 spiro atoms. The van der Waals surface area contributed by atoms with E-state index in [2.05, 4.69) is 173 Å². The van der Waals surface area contributed by atoms with E-state index in [1.807, 2.05) is 30.3 Å². The van der Waals surface area contributed by atoms with Crippen molar-refractivity contribution in [3.63, 3.8) is 0 Å². The van der Waals surface area contributed by atoms with Crippen LogP contribution in [-0.2, 0) is 0 Å². The van der Waals surface area contributed by atoms with E-state index in [1.54, 1.807) is 0 Å². The molecule has 0 atom stereocenters. The largest absolute Gasteiger partial charge is 0.455 e. The van der Waals surface area contributed by atoms with E-state index in [0.29, 0.717) is 5.82 Å². The second-order valence-corrected chi connectivity index (χ2v) is 14.6. The first-order valence-corrected chi connectivity index (χ1v) is 19.3. The fourth-order valence-electron chi connectivity index (χ4n) is 8.81. The summed E-state index contributed by atoms with van der Waals surface area (Å²) in [4.78, 5) is 10.6. The summed E-state index contributed by atoms with van der Waals surface area (Å²) in [7, 11) is 0. The number of fused-ring (bicyclic) bond motifs is 10. The number of hydrogen-bond acceptors (Lipinski definition) is 3. The van der Waals surface area contributed by atoms with Gasteiger partial charge in [0.2, 0.25) is 0 Å². The van der Waals surface area contributed by atoms with Crippen molar-refractivity contribution in [1.82, 2.24) is 19.1 Å². The summed E-state index contributed by atoms with van der Waals surface area (Å²) in [6.07, 6.45) is 0. The van der Waals surface area contributed by atoms with Gasteiger partial charge in [-0.15, -0.1) is 0 Å². The third-order valence-electron chi connectivity index (χ3n) is 11.3. The van der Waals surface area contributed by atoms with Gasteiger partial charge in [-0.05, 0) is 60.7 Å². The molecule has 0 bridgehead atoms. The number of nitrogens with zero attached hydrogens (tertiary/aromatic N) is 4. The maximum Gasteiger partial charge on any atom is 0.160 e. The van der Waals surface area contributed by atoms with E-state index in [9.17, 15) is 0 Å². The summed E-state index contributed by atoms with van der Waals surface area (Å²) in [6, 6.07) is 68.2. The summed E-state index contributed by atoms with van der Waals surface area (Å²) in [5, 5.41) is 6.69. The molecule has 57 heavy (non-hydrogen) atoms. The van der Waals surface area contributed by atoms with E-state index in [4.69, 9.17) is 14.4 Å². The molecule has 4 aromatic heterocycles. The highest BCUT2D eigenvalue weighted by molar-refractivity contribution is 6.27. The Kier molecular flexibility index (Phi) is 6.86. The minimum absolute atomic E-state index is 0.676. The van der Waals surface area contributed by atoms with Gasteiger partial charge in [0, 0.05) is 55.0 Å². The van der Waals surface area contributed by atoms with Gasteiger partial charge in [0.05, 0.1) is 38.8 Å². The molecule has 0 radical (unpaired) electrons. The third kappa shape index (κ3) is 4.82. The highest BCUT2D eigenvalue weighted by atomic mass is 16.3. The third-order valence-corrected chi connectivity index (χ3v) is 11.3. The van der Waals surface area contributed by atoms with E-state index >= 15 is 0 Å². The number of para-hydroxylation sites is 4. The molecule has 0 aliphatic heterocycles. The molecule has 0 N–H and O–H groups in total. The predicted molar refractivity (Wildman–Crippen MR) is 234 cm³/mol. The lowest BCUT2D eigenvalue weighted by atomic mass is 10.00. The zero-order chi connectivity index (χ0) is 37.5. The summed E-state index contributed by atoms with van der Waals surface area (Å²) in [6.45, 7) is 0. The zero-order valence-corrected chi connectivity index (χ0v) is 30.7. The Morgan fingerprint density at radius 3 is 1.75 bits per heavy atom. The first-order chi connectivity index (χ1) is 28.3. The maximum absolute atomic E-state index is 6.83. The SMILES string of the molecule is c1ccc(-c2cc(-c3cc4c5ccccc5oc4c4c5ccccc5n(-c5ccc6c(c5)c5ccccc5n6-c5ccccc5)c34)nc(-c3ccccc3)n2)cc1. The normalized spacial score (nSPS) is 11.9. The van der Waals surface area contributed by atoms with Crippen molar-refractivity contribution in [1.29, 1.82) is 0 Å². The lowest BCUT2D eigenvalue weighted by Crippen LogP contribution is -1.99. The van der Waals surface area contributed by atoms with Gasteiger partial charge in [0.25, 0.3) is 0 Å². The molecule has 0 amide bonds. The molecule has 5 heteroatoms. The molecule has 0 fully saturated rings. The Labute approximate surface area is 327 Å². The summed E-state index contributed by atoms with van der Waals surface area (Å²) in [5.41, 5.74) is 13.1. The molecule has 0 unspecified atom stereocenters. The van der Waals surface area contributed by atoms with Crippen molar-refractivity contribution in [3.8, 4) is 45.3 Å². The Morgan fingerprint density at radius 2 is 0.982 bits per heavy atom. The zero-order valence-electron chi connectivity index (χ0n) is 30.7. The topological polar surface area (TPSA) is 48.8 Å². The van der Waals surface area contributed by atoms with Crippen LogP contribution in [0.25, 0.3) is 111 Å². The van der Waals surface area contributed by atoms with Crippen LogP contribution in [0.5, 0.6) is 0 Å². The van der Waals surface area contributed by atoms with E-state index < -0.39 is 0 Å². The Balaban J connectivity index is 1.23. The Morgan fingerprint density at radius 1 is 0.386 bits per heavy atom. The molecule has 12 rings (SSSR count). The number of furan rings is 1. The van der Waals surface area contributed by atoms with Gasteiger partial charge in [0.1, 0.15) is 11.2 Å². The van der Waals surface area contributed by atoms with Gasteiger partial charge in [-0.3, -0.25) is 0 Å². The molecule has 266 valence electrons. The molecule has 5 nitrogen and oxygen atoms in total. The van der Waals surface area contributed by atoms with Gasteiger partial charge in [-0.1, -0.05) is 133 Å². The first-order valence-electron chi connectivity index (χ1n) is 19.3. The van der Waals surface area contributed by atoms with Crippen LogP contribution in [0.4, 0.5) is 0 Å². The lowest BCUT2D eigenvalue weighted by Gasteiger charge is -2.14. The van der Waals surface area contributed by atoms with Crippen molar-refractivity contribution < 1.29 is 4.42 Å². The highest BCUT2D eigenvalue weighted by Crippen LogP contribution is 2.46. The van der Waals surface area contributed by atoms with Gasteiger partial charge >= 0.3 is 0 Å². The van der Waals surface area contributed by atoms with Crippen LogP contribution in [0.1, 0.15) is 0 Å². The first kappa shape index (κ1) is 31.6. The average Bonchev–Trinajstić information content (AvgIpc) is 3.94. The molecule has 4 heterocycles. The van der Waals surface area contributed by atoms with Gasteiger partial charge in [0.15, 0.2) is 5.82 Å². The molecule has 0 saturated carbocycles. The van der Waals surface area contributed by atoms with Crippen LogP contribution in [-0.4, -0.2) is 19.1 Å². The number of rotatable bonds is 5. The van der Waals surface area contributed by atoms with Crippen molar-refractivity contribution in [2.75, 3.05) is 0 Å². The van der Waals surface area contributed by atoms with E-state index in [-0.39, 0.29) is 0 Å². The van der Waals surface area contributed by atoms with Crippen molar-refractivity contribution >= 4 is 65.6 Å². The monoisotopic (exact) mass is 728 g/mol. The van der Waals surface area contributed by atoms with Gasteiger partial charge < -0.3 is 13.6 Å². The summed E-state index contributed by atoms with van der Waals surface area (Å²) < 4.78 is 11.6. The van der Waals surface area contributed by atoms with Crippen LogP contribution >= 0.6 is 0 Å². The second kappa shape index (κ2) is 12.4. The highest BCUT2D eigenvalue weighted by Gasteiger charge is 2.25. The summed E-state index contributed by atoms with van der Waals surface area (Å²) >= 11 is 0. The van der Waals surface area contributed by atoms with Crippen LogP contribution in [0.15, 0.2) is 199 Å². The van der Waals surface area contributed by atoms with Crippen LogP contribution < -0.4 is 0 Å². The van der Waals surface area contributed by atoms with Gasteiger partial charge in [-0.25, -0.2) is 9.97 Å². The van der Waals surface area contributed by atoms with E-state index in [1.165, 1.54) is 16.3 Å². The molecule has 8 aromatic carbocycles. The molecule has 0 aliphatic carbocycles. The molecular formula is C52H32N4O. The minimum atomic E-state index is 0.676. The van der Waals surface area contributed by atoms with Gasteiger partial charge in [-0.2, -0.15) is 0 Å². The smallest absolute Gasteiger partial charge is 0.160 e. The quantitative estimate of drug-likeness (QED) is 0.177. The van der Waals surface area contributed by atoms with Crippen LogP contribution in [0.2, 0.25) is 0 Å². The minimum Gasteiger partial charge on any atom is -0.455 e. The van der Waals surface area contributed by atoms with Crippen molar-refractivity contribution in [3.05, 3.63) is 194 Å². The van der Waals surface area contributed by atoms with Crippen LogP contribution in [0.3, 0.4) is 0 Å². The summed E-state index contributed by atoms with van der Waals surface area (Å²) in [5.74, 6) is 0.676. The second-order valence-electron chi connectivity index (χ2n) is 14.6. The fraction of sp³-hybridized carbons (Fsp3) is 0. The Bertz CT molecular complexity index is 3450. The van der Waals surface area contributed by atoms with Crippen molar-refractivity contribution in [2.24, 2.45) is 0 Å². The standard InChI is InChI=1S/C52H32N4O/c1-4-16-33(17-5-1)43-32-44(54-52(53-43)34-18-6-2-7-19-34)42-31-41-38-23-12-15-27-48(38)57-51(41)49-39-24-11-14-26-46(39)56(50(42)49)36-28-29-47-40(30-36)37-22-10-13-25-45(37)55(47)35-20-8-3-9-21-35/h1-32H. The predicted octanol–water partition coefficient (Wildman–Crippen LogP) is 13.6. The molecule has 0 aliphatic rings. The number of aromatic nitrogens is 4. The maximum atomic E-state index is 6.83. The lowest BCUT2D eigenvalue weighted by molar-refractivity contribution is 0.673.